The number of nitrogens with zero attached hydrogens (tertiary/aromatic N) is 3. The van der Waals surface area contributed by atoms with Crippen molar-refractivity contribution in [1.82, 2.24) is 20.1 Å². The lowest BCUT2D eigenvalue weighted by Gasteiger charge is -2.40. The molecule has 1 N–H and O–H groups in total. The minimum absolute atomic E-state index is 0.0218. The van der Waals surface area contributed by atoms with E-state index >= 15 is 0 Å². The van der Waals surface area contributed by atoms with Crippen LogP contribution in [0.2, 0.25) is 0 Å². The van der Waals surface area contributed by atoms with Crippen molar-refractivity contribution in [3.8, 4) is 11.5 Å². The van der Waals surface area contributed by atoms with E-state index in [0.29, 0.717) is 24.9 Å². The highest BCUT2D eigenvalue weighted by atomic mass is 19.4. The Morgan fingerprint density at radius 2 is 1.85 bits per heavy atom. The lowest BCUT2D eigenvalue weighted by Crippen LogP contribution is -2.56. The molecular formula is C27H29F3N4O7. The molecule has 2 fully saturated rings. The average Bonchev–Trinajstić information content (AvgIpc) is 2.96. The van der Waals surface area contributed by atoms with Gasteiger partial charge in [0.2, 0.25) is 5.91 Å². The fraction of sp³-hybridized carbons (Fsp3) is 0.444. The van der Waals surface area contributed by atoms with Crippen molar-refractivity contribution in [3.63, 3.8) is 0 Å². The van der Waals surface area contributed by atoms with E-state index in [1.807, 2.05) is 0 Å². The summed E-state index contributed by atoms with van der Waals surface area (Å²) in [6.45, 7) is 1.90. The first kappa shape index (κ1) is 29.9. The van der Waals surface area contributed by atoms with Gasteiger partial charge in [0.15, 0.2) is 12.4 Å². The van der Waals surface area contributed by atoms with Crippen LogP contribution in [0.5, 0.6) is 11.5 Å². The quantitative estimate of drug-likeness (QED) is 0.253. The van der Waals surface area contributed by atoms with Crippen LogP contribution in [0, 0.1) is 0 Å². The number of piperidine rings is 1. The summed E-state index contributed by atoms with van der Waals surface area (Å²) in [5.41, 5.74) is 0.530. The van der Waals surface area contributed by atoms with E-state index in [-0.39, 0.29) is 48.3 Å². The predicted molar refractivity (Wildman–Crippen MR) is 136 cm³/mol. The highest BCUT2D eigenvalue weighted by Crippen LogP contribution is 2.24. The van der Waals surface area contributed by atoms with Gasteiger partial charge in [-0.25, -0.2) is 9.59 Å². The second-order valence-corrected chi connectivity index (χ2v) is 9.54. The smallest absolute Gasteiger partial charge is 0.487 e. The van der Waals surface area contributed by atoms with E-state index in [2.05, 4.69) is 19.9 Å². The van der Waals surface area contributed by atoms with Gasteiger partial charge in [0.1, 0.15) is 18.1 Å². The zero-order valence-corrected chi connectivity index (χ0v) is 22.0. The van der Waals surface area contributed by atoms with Gasteiger partial charge in [-0.2, -0.15) is 13.2 Å². The molecule has 2 saturated heterocycles. The fourth-order valence-corrected chi connectivity index (χ4v) is 4.57. The number of ether oxygens (including phenoxy) is 3. The molecule has 0 bridgehead atoms. The molecule has 14 heteroatoms. The van der Waals surface area contributed by atoms with E-state index in [4.69, 9.17) is 9.47 Å². The number of halogens is 3. The summed E-state index contributed by atoms with van der Waals surface area (Å²) in [4.78, 5) is 56.2. The molecule has 11 nitrogen and oxygen atoms in total. The number of piperazine rings is 1. The standard InChI is InChI=1S/C27H29F3N4O7/c28-27(29,30)26(38)41-25(37)17-40-23-4-3-18(12-19(23)16-39-21-2-1-7-32-13-21)22(35)14-34-11-10-33(15-24(34)36)20-5-8-31-9-6-20/h1-4,7,12-13,20,31H,5-6,8-11,14-17H2. The number of rotatable bonds is 10. The summed E-state index contributed by atoms with van der Waals surface area (Å²) in [7, 11) is 0. The van der Waals surface area contributed by atoms with E-state index in [9.17, 15) is 32.3 Å². The molecule has 2 aromatic rings. The molecule has 0 atom stereocenters. The number of amides is 1. The summed E-state index contributed by atoms with van der Waals surface area (Å²) in [5.74, 6) is -4.25. The molecule has 1 aromatic heterocycles. The van der Waals surface area contributed by atoms with Crippen LogP contribution in [0.15, 0.2) is 42.7 Å². The second-order valence-electron chi connectivity index (χ2n) is 9.54. The molecular weight excluding hydrogens is 549 g/mol. The molecule has 41 heavy (non-hydrogen) atoms. The first-order valence-electron chi connectivity index (χ1n) is 13.0. The van der Waals surface area contributed by atoms with Gasteiger partial charge in [0, 0.05) is 36.5 Å². The van der Waals surface area contributed by atoms with E-state index in [1.54, 1.807) is 18.3 Å². The Kier molecular flexibility index (Phi) is 9.89. The number of hydrogen-bond donors (Lipinski definition) is 1. The van der Waals surface area contributed by atoms with Crippen molar-refractivity contribution in [2.45, 2.75) is 31.7 Å². The third-order valence-corrected chi connectivity index (χ3v) is 6.70. The molecule has 1 aromatic carbocycles. The fourth-order valence-electron chi connectivity index (χ4n) is 4.57. The molecule has 0 unspecified atom stereocenters. The number of aromatic nitrogens is 1. The third-order valence-electron chi connectivity index (χ3n) is 6.70. The van der Waals surface area contributed by atoms with Crippen molar-refractivity contribution in [3.05, 3.63) is 53.9 Å². The average molecular weight is 579 g/mol. The number of esters is 2. The molecule has 220 valence electrons. The van der Waals surface area contributed by atoms with Crippen LogP contribution in [-0.2, 0) is 25.7 Å². The molecule has 4 rings (SSSR count). The number of carbonyl (C=O) groups is 4. The highest BCUT2D eigenvalue weighted by Gasteiger charge is 2.42. The molecule has 0 aliphatic carbocycles. The van der Waals surface area contributed by atoms with Gasteiger partial charge in [0.05, 0.1) is 19.3 Å². The number of carbonyl (C=O) groups excluding carboxylic acids is 4. The molecule has 2 aliphatic heterocycles. The largest absolute Gasteiger partial charge is 0.491 e. The van der Waals surface area contributed by atoms with E-state index < -0.39 is 24.7 Å². The number of ketones is 1. The van der Waals surface area contributed by atoms with Crippen LogP contribution < -0.4 is 14.8 Å². The number of Topliss-reactive ketones (excluding diaryl/α,β-unsaturated/α-hetero) is 1. The SMILES string of the molecule is O=C(COc1ccc(C(=O)CN2CCN(C3CCNCC3)CC2=O)cc1COc1cccnc1)OC(=O)C(F)(F)F. The molecule has 3 heterocycles. The van der Waals surface area contributed by atoms with Gasteiger partial charge in [-0.1, -0.05) is 0 Å². The predicted octanol–water partition coefficient (Wildman–Crippen LogP) is 1.75. The number of hydrogen-bond acceptors (Lipinski definition) is 10. The Morgan fingerprint density at radius 1 is 1.07 bits per heavy atom. The van der Waals surface area contributed by atoms with Gasteiger partial charge in [-0.15, -0.1) is 0 Å². The first-order valence-corrected chi connectivity index (χ1v) is 13.0. The van der Waals surface area contributed by atoms with Crippen LogP contribution >= 0.6 is 0 Å². The molecule has 0 saturated carbocycles. The summed E-state index contributed by atoms with van der Waals surface area (Å²) in [6.07, 6.45) is -0.393. The zero-order valence-electron chi connectivity index (χ0n) is 22.0. The minimum Gasteiger partial charge on any atom is -0.487 e. The van der Waals surface area contributed by atoms with Crippen molar-refractivity contribution >= 4 is 23.6 Å². The van der Waals surface area contributed by atoms with E-state index in [0.717, 1.165) is 25.9 Å². The topological polar surface area (TPSA) is 127 Å². The van der Waals surface area contributed by atoms with Gasteiger partial charge in [-0.3, -0.25) is 19.5 Å². The first-order chi connectivity index (χ1) is 19.6. The van der Waals surface area contributed by atoms with Gasteiger partial charge in [-0.05, 0) is 56.3 Å². The van der Waals surface area contributed by atoms with Crippen molar-refractivity contribution < 1.29 is 46.6 Å². The summed E-state index contributed by atoms with van der Waals surface area (Å²) in [6, 6.07) is 7.84. The van der Waals surface area contributed by atoms with Crippen LogP contribution in [-0.4, -0.2) is 96.5 Å². The normalized spacial score (nSPS) is 16.8. The monoisotopic (exact) mass is 578 g/mol. The lowest BCUT2D eigenvalue weighted by molar-refractivity contribution is -0.202. The Bertz CT molecular complexity index is 1250. The van der Waals surface area contributed by atoms with Crippen molar-refractivity contribution in [2.75, 3.05) is 45.9 Å². The van der Waals surface area contributed by atoms with Crippen LogP contribution in [0.1, 0.15) is 28.8 Å². The number of pyridine rings is 1. The Balaban J connectivity index is 1.41. The molecule has 2 aliphatic rings. The Labute approximate surface area is 233 Å². The van der Waals surface area contributed by atoms with Crippen molar-refractivity contribution in [1.29, 1.82) is 0 Å². The maximum absolute atomic E-state index is 13.1. The summed E-state index contributed by atoms with van der Waals surface area (Å²) in [5, 5.41) is 3.31. The third kappa shape index (κ3) is 8.47. The van der Waals surface area contributed by atoms with Crippen molar-refractivity contribution in [2.24, 2.45) is 0 Å². The number of nitrogens with one attached hydrogen (secondary N) is 1. The zero-order chi connectivity index (χ0) is 29.4. The maximum Gasteiger partial charge on any atom is 0.491 e. The number of benzene rings is 1. The van der Waals surface area contributed by atoms with Crippen LogP contribution in [0.25, 0.3) is 0 Å². The minimum atomic E-state index is -5.33. The van der Waals surface area contributed by atoms with Gasteiger partial charge in [0.25, 0.3) is 0 Å². The lowest BCUT2D eigenvalue weighted by atomic mass is 10.0. The van der Waals surface area contributed by atoms with Crippen LogP contribution in [0.3, 0.4) is 0 Å². The maximum atomic E-state index is 13.1. The Hall–Kier alpha value is -4.04. The van der Waals surface area contributed by atoms with E-state index in [1.165, 1.54) is 29.3 Å². The summed E-state index contributed by atoms with van der Waals surface area (Å²) >= 11 is 0. The van der Waals surface area contributed by atoms with Crippen LogP contribution in [0.4, 0.5) is 13.2 Å². The number of alkyl halides is 3. The van der Waals surface area contributed by atoms with Gasteiger partial charge < -0.3 is 24.4 Å². The molecule has 1 amide bonds. The molecule has 0 radical (unpaired) electrons. The Morgan fingerprint density at radius 3 is 2.54 bits per heavy atom. The summed E-state index contributed by atoms with van der Waals surface area (Å²) < 4.78 is 51.8. The van der Waals surface area contributed by atoms with Gasteiger partial charge >= 0.3 is 18.1 Å². The molecule has 0 spiro atoms. The second kappa shape index (κ2) is 13.5. The highest BCUT2D eigenvalue weighted by molar-refractivity contribution is 6.00.